The van der Waals surface area contributed by atoms with Gasteiger partial charge in [-0.3, -0.25) is 0 Å². The van der Waals surface area contributed by atoms with Crippen molar-refractivity contribution in [2.24, 2.45) is 0 Å². The van der Waals surface area contributed by atoms with Crippen LogP contribution in [0, 0.1) is 6.92 Å². The molecular formula is C26H32O3S. The van der Waals surface area contributed by atoms with Crippen LogP contribution in [-0.4, -0.2) is 15.3 Å². The molecule has 3 nitrogen and oxygen atoms in total. The minimum absolute atomic E-state index is 0.0451. The van der Waals surface area contributed by atoms with E-state index in [9.17, 15) is 15.3 Å². The summed E-state index contributed by atoms with van der Waals surface area (Å²) in [4.78, 5) is 2.57. The maximum Gasteiger partial charge on any atom is 0.0891 e. The number of aliphatic hydroxyl groups is 3. The van der Waals surface area contributed by atoms with Gasteiger partial charge in [-0.2, -0.15) is 0 Å². The predicted molar refractivity (Wildman–Crippen MR) is 125 cm³/mol. The van der Waals surface area contributed by atoms with Crippen LogP contribution < -0.4 is 0 Å². The minimum Gasteiger partial charge on any atom is -0.392 e. The maximum absolute atomic E-state index is 10.8. The Morgan fingerprint density at radius 3 is 2.20 bits per heavy atom. The van der Waals surface area contributed by atoms with Crippen molar-refractivity contribution in [3.05, 3.63) is 81.2 Å². The first-order valence-corrected chi connectivity index (χ1v) is 11.5. The van der Waals surface area contributed by atoms with Crippen LogP contribution in [0.1, 0.15) is 59.4 Å². The highest BCUT2D eigenvalue weighted by atomic mass is 32.1. The largest absolute Gasteiger partial charge is 0.392 e. The van der Waals surface area contributed by atoms with E-state index < -0.39 is 5.60 Å². The highest BCUT2D eigenvalue weighted by Crippen LogP contribution is 2.35. The molecular weight excluding hydrogens is 392 g/mol. The first-order chi connectivity index (χ1) is 14.4. The average molecular weight is 425 g/mol. The van der Waals surface area contributed by atoms with Gasteiger partial charge in [-0.1, -0.05) is 50.2 Å². The molecule has 0 atom stereocenters. The third-order valence-electron chi connectivity index (χ3n) is 6.13. The van der Waals surface area contributed by atoms with E-state index in [0.29, 0.717) is 12.8 Å². The smallest absolute Gasteiger partial charge is 0.0891 e. The van der Waals surface area contributed by atoms with Gasteiger partial charge in [0.1, 0.15) is 0 Å². The SMILES string of the molecule is CCC(O)(CC)c1ccc(-c2ccc(CCc3ccc(CO)c(CO)c3)s2)c(C)c1. The Hall–Kier alpha value is -1.98. The molecule has 160 valence electrons. The van der Waals surface area contributed by atoms with Crippen LogP contribution in [0.25, 0.3) is 10.4 Å². The van der Waals surface area contributed by atoms with Gasteiger partial charge < -0.3 is 15.3 Å². The van der Waals surface area contributed by atoms with Crippen molar-refractivity contribution in [3.8, 4) is 10.4 Å². The summed E-state index contributed by atoms with van der Waals surface area (Å²) >= 11 is 1.81. The first-order valence-electron chi connectivity index (χ1n) is 10.7. The topological polar surface area (TPSA) is 60.7 Å². The first kappa shape index (κ1) is 22.7. The average Bonchev–Trinajstić information content (AvgIpc) is 3.25. The van der Waals surface area contributed by atoms with Crippen molar-refractivity contribution in [1.82, 2.24) is 0 Å². The van der Waals surface area contributed by atoms with Crippen LogP contribution >= 0.6 is 11.3 Å². The highest BCUT2D eigenvalue weighted by molar-refractivity contribution is 7.15. The van der Waals surface area contributed by atoms with E-state index in [1.165, 1.54) is 26.4 Å². The van der Waals surface area contributed by atoms with E-state index in [-0.39, 0.29) is 13.2 Å². The van der Waals surface area contributed by atoms with Crippen molar-refractivity contribution >= 4 is 11.3 Å². The second kappa shape index (κ2) is 9.88. The third kappa shape index (κ3) is 4.84. The zero-order valence-electron chi connectivity index (χ0n) is 18.1. The molecule has 0 aliphatic heterocycles. The summed E-state index contributed by atoms with van der Waals surface area (Å²) in [5.41, 5.74) is 5.42. The molecule has 0 radical (unpaired) electrons. The zero-order chi connectivity index (χ0) is 21.7. The van der Waals surface area contributed by atoms with E-state index in [1.807, 2.05) is 43.4 Å². The molecule has 1 heterocycles. The maximum atomic E-state index is 10.8. The summed E-state index contributed by atoms with van der Waals surface area (Å²) in [5, 5.41) is 29.7. The summed E-state index contributed by atoms with van der Waals surface area (Å²) in [6, 6.07) is 16.6. The lowest BCUT2D eigenvalue weighted by molar-refractivity contribution is 0.0283. The van der Waals surface area contributed by atoms with Gasteiger partial charge in [0.25, 0.3) is 0 Å². The number of benzene rings is 2. The Balaban J connectivity index is 1.74. The minimum atomic E-state index is -0.747. The molecule has 0 spiro atoms. The summed E-state index contributed by atoms with van der Waals surface area (Å²) in [6.07, 6.45) is 3.26. The number of aliphatic hydroxyl groups excluding tert-OH is 2. The van der Waals surface area contributed by atoms with E-state index in [0.717, 1.165) is 29.5 Å². The predicted octanol–water partition coefficient (Wildman–Crippen LogP) is 5.50. The Kier molecular flexibility index (Phi) is 7.48. The van der Waals surface area contributed by atoms with Crippen LogP contribution in [0.4, 0.5) is 0 Å². The van der Waals surface area contributed by atoms with Gasteiger partial charge >= 0.3 is 0 Å². The van der Waals surface area contributed by atoms with E-state index >= 15 is 0 Å². The second-order valence-corrected chi connectivity index (χ2v) is 9.12. The van der Waals surface area contributed by atoms with Crippen LogP contribution in [0.5, 0.6) is 0 Å². The van der Waals surface area contributed by atoms with Gasteiger partial charge in [0, 0.05) is 9.75 Å². The second-order valence-electron chi connectivity index (χ2n) is 7.95. The molecule has 1 aromatic heterocycles. The Morgan fingerprint density at radius 2 is 1.57 bits per heavy atom. The molecule has 0 aliphatic carbocycles. The van der Waals surface area contributed by atoms with Crippen molar-refractivity contribution < 1.29 is 15.3 Å². The van der Waals surface area contributed by atoms with E-state index in [2.05, 4.69) is 37.3 Å². The summed E-state index contributed by atoms with van der Waals surface area (Å²) < 4.78 is 0. The standard InChI is InChI=1S/C26H32O3S/c1-4-26(29,5-2)22-9-12-24(18(3)14-22)25-13-11-23(30-25)10-7-19-6-8-20(16-27)21(15-19)17-28/h6,8-9,11-15,27-29H,4-5,7,10,16-17H2,1-3H3. The van der Waals surface area contributed by atoms with Gasteiger partial charge in [-0.15, -0.1) is 11.3 Å². The fourth-order valence-corrected chi connectivity index (χ4v) is 5.05. The quantitative estimate of drug-likeness (QED) is 0.425. The van der Waals surface area contributed by atoms with E-state index in [4.69, 9.17) is 0 Å². The molecule has 2 aromatic carbocycles. The van der Waals surface area contributed by atoms with Gasteiger partial charge in [0.05, 0.1) is 18.8 Å². The molecule has 3 aromatic rings. The van der Waals surface area contributed by atoms with Gasteiger partial charge in [-0.25, -0.2) is 0 Å². The molecule has 3 N–H and O–H groups in total. The van der Waals surface area contributed by atoms with Crippen LogP contribution in [0.3, 0.4) is 0 Å². The van der Waals surface area contributed by atoms with Crippen molar-refractivity contribution in [2.75, 3.05) is 0 Å². The summed E-state index contributed by atoms with van der Waals surface area (Å²) in [5.74, 6) is 0. The molecule has 0 saturated heterocycles. The summed E-state index contributed by atoms with van der Waals surface area (Å²) in [6.45, 7) is 6.07. The molecule has 3 rings (SSSR count). The molecule has 0 bridgehead atoms. The Labute approximate surface area is 183 Å². The van der Waals surface area contributed by atoms with Gasteiger partial charge in [-0.05, 0) is 78.1 Å². The number of hydrogen-bond acceptors (Lipinski definition) is 4. The highest BCUT2D eigenvalue weighted by Gasteiger charge is 2.25. The van der Waals surface area contributed by atoms with Crippen LogP contribution in [-0.2, 0) is 31.7 Å². The number of hydrogen-bond donors (Lipinski definition) is 3. The third-order valence-corrected chi connectivity index (χ3v) is 7.31. The van der Waals surface area contributed by atoms with Gasteiger partial charge in [0.15, 0.2) is 0 Å². The number of aryl methyl sites for hydroxylation is 3. The van der Waals surface area contributed by atoms with Crippen LogP contribution in [0.15, 0.2) is 48.5 Å². The van der Waals surface area contributed by atoms with Crippen molar-refractivity contribution in [2.45, 2.75) is 65.3 Å². The van der Waals surface area contributed by atoms with Crippen molar-refractivity contribution in [3.63, 3.8) is 0 Å². The molecule has 30 heavy (non-hydrogen) atoms. The van der Waals surface area contributed by atoms with Crippen LogP contribution in [0.2, 0.25) is 0 Å². The number of rotatable bonds is 9. The molecule has 4 heteroatoms. The Morgan fingerprint density at radius 1 is 0.833 bits per heavy atom. The van der Waals surface area contributed by atoms with Crippen molar-refractivity contribution in [1.29, 1.82) is 0 Å². The molecule has 0 unspecified atom stereocenters. The number of thiophene rings is 1. The Bertz CT molecular complexity index is 986. The normalized spacial score (nSPS) is 11.8. The van der Waals surface area contributed by atoms with E-state index in [1.54, 1.807) is 0 Å². The lowest BCUT2D eigenvalue weighted by Crippen LogP contribution is -2.23. The molecule has 0 saturated carbocycles. The summed E-state index contributed by atoms with van der Waals surface area (Å²) in [7, 11) is 0. The lowest BCUT2D eigenvalue weighted by atomic mass is 9.87. The monoisotopic (exact) mass is 424 g/mol. The van der Waals surface area contributed by atoms with Gasteiger partial charge in [0.2, 0.25) is 0 Å². The zero-order valence-corrected chi connectivity index (χ0v) is 18.9. The fraction of sp³-hybridized carbons (Fsp3) is 0.385. The molecule has 0 amide bonds. The molecule has 0 fully saturated rings. The lowest BCUT2D eigenvalue weighted by Gasteiger charge is -2.26. The molecule has 0 aliphatic rings. The fourth-order valence-electron chi connectivity index (χ4n) is 3.95.